The fourth-order valence-electron chi connectivity index (χ4n) is 2.76. The number of hydrogen-bond acceptors (Lipinski definition) is 3. The molecule has 0 saturated heterocycles. The zero-order valence-electron chi connectivity index (χ0n) is 16.3. The zero-order valence-corrected chi connectivity index (χ0v) is 17.1. The lowest BCUT2D eigenvalue weighted by Crippen LogP contribution is -2.30. The van der Waals surface area contributed by atoms with Crippen molar-refractivity contribution >= 4 is 23.2 Å². The van der Waals surface area contributed by atoms with Gasteiger partial charge in [-0.05, 0) is 73.9 Å². The van der Waals surface area contributed by atoms with E-state index in [2.05, 4.69) is 17.4 Å². The van der Waals surface area contributed by atoms with E-state index in [-0.39, 0.29) is 5.91 Å². The summed E-state index contributed by atoms with van der Waals surface area (Å²) in [5.41, 5.74) is 2.00. The quantitative estimate of drug-likeness (QED) is 0.457. The van der Waals surface area contributed by atoms with Crippen LogP contribution in [-0.4, -0.2) is 18.6 Å². The fraction of sp³-hybridized carbons (Fsp3) is 0.208. The van der Waals surface area contributed by atoms with Crippen molar-refractivity contribution in [2.24, 2.45) is 0 Å². The van der Waals surface area contributed by atoms with Gasteiger partial charge in [-0.25, -0.2) is 0 Å². The highest BCUT2D eigenvalue weighted by molar-refractivity contribution is 6.30. The van der Waals surface area contributed by atoms with Gasteiger partial charge in [0, 0.05) is 10.7 Å². The minimum atomic E-state index is -0.634. The van der Waals surface area contributed by atoms with Crippen molar-refractivity contribution < 1.29 is 14.3 Å². The van der Waals surface area contributed by atoms with Crippen molar-refractivity contribution in [2.45, 2.75) is 25.9 Å². The molecule has 3 rings (SSSR count). The van der Waals surface area contributed by atoms with Crippen LogP contribution in [0, 0.1) is 0 Å². The maximum atomic E-state index is 12.3. The highest BCUT2D eigenvalue weighted by atomic mass is 35.5. The SMILES string of the molecule is CC(Oc1ccc(Cl)cc1)C(=O)Nc1ccc(OCCCc2ccccc2)cc1. The molecule has 0 saturated carbocycles. The Balaban J connectivity index is 1.42. The summed E-state index contributed by atoms with van der Waals surface area (Å²) in [5.74, 6) is 1.15. The van der Waals surface area contributed by atoms with Crippen molar-refractivity contribution in [1.82, 2.24) is 0 Å². The number of halogens is 1. The Hall–Kier alpha value is -2.98. The molecule has 1 atom stereocenters. The molecule has 29 heavy (non-hydrogen) atoms. The molecule has 0 aliphatic carbocycles. The van der Waals surface area contributed by atoms with E-state index in [4.69, 9.17) is 21.1 Å². The summed E-state index contributed by atoms with van der Waals surface area (Å²) < 4.78 is 11.4. The molecular weight excluding hydrogens is 386 g/mol. The predicted octanol–water partition coefficient (Wildman–Crippen LogP) is 5.76. The molecule has 0 aliphatic rings. The Labute approximate surface area is 176 Å². The molecule has 3 aromatic rings. The lowest BCUT2D eigenvalue weighted by molar-refractivity contribution is -0.122. The van der Waals surface area contributed by atoms with Crippen molar-refractivity contribution in [2.75, 3.05) is 11.9 Å². The molecule has 0 aromatic heterocycles. The van der Waals surface area contributed by atoms with Gasteiger partial charge in [-0.15, -0.1) is 0 Å². The van der Waals surface area contributed by atoms with E-state index in [9.17, 15) is 4.79 Å². The Morgan fingerprint density at radius 2 is 1.59 bits per heavy atom. The number of anilines is 1. The Morgan fingerprint density at radius 3 is 2.28 bits per heavy atom. The third-order valence-corrected chi connectivity index (χ3v) is 4.59. The molecule has 0 fully saturated rings. The Kier molecular flexibility index (Phi) is 7.54. The summed E-state index contributed by atoms with van der Waals surface area (Å²) >= 11 is 5.85. The van der Waals surface area contributed by atoms with Crippen molar-refractivity contribution in [1.29, 1.82) is 0 Å². The van der Waals surface area contributed by atoms with E-state index >= 15 is 0 Å². The van der Waals surface area contributed by atoms with E-state index < -0.39 is 6.10 Å². The van der Waals surface area contributed by atoms with Crippen LogP contribution in [0.3, 0.4) is 0 Å². The van der Waals surface area contributed by atoms with Crippen LogP contribution in [0.1, 0.15) is 18.9 Å². The lowest BCUT2D eigenvalue weighted by atomic mass is 10.1. The van der Waals surface area contributed by atoms with Crippen LogP contribution in [-0.2, 0) is 11.2 Å². The Bertz CT molecular complexity index is 896. The number of amides is 1. The molecule has 3 aromatic carbocycles. The van der Waals surface area contributed by atoms with Crippen molar-refractivity contribution in [3.8, 4) is 11.5 Å². The second-order valence-corrected chi connectivity index (χ2v) is 7.10. The van der Waals surface area contributed by atoms with Crippen LogP contribution < -0.4 is 14.8 Å². The van der Waals surface area contributed by atoms with Gasteiger partial charge in [0.15, 0.2) is 6.10 Å². The molecule has 150 valence electrons. The van der Waals surface area contributed by atoms with Crippen LogP contribution in [0.15, 0.2) is 78.9 Å². The van der Waals surface area contributed by atoms with E-state index in [1.54, 1.807) is 31.2 Å². The van der Waals surface area contributed by atoms with Gasteiger partial charge < -0.3 is 14.8 Å². The summed E-state index contributed by atoms with van der Waals surface area (Å²) in [5, 5.41) is 3.47. The molecular formula is C24H24ClNO3. The summed E-state index contributed by atoms with van der Waals surface area (Å²) in [4.78, 5) is 12.3. The molecule has 5 heteroatoms. The van der Waals surface area contributed by atoms with Crippen LogP contribution in [0.2, 0.25) is 5.02 Å². The highest BCUT2D eigenvalue weighted by Gasteiger charge is 2.15. The lowest BCUT2D eigenvalue weighted by Gasteiger charge is -2.15. The second kappa shape index (κ2) is 10.5. The molecule has 4 nitrogen and oxygen atoms in total. The van der Waals surface area contributed by atoms with Gasteiger partial charge in [-0.1, -0.05) is 41.9 Å². The first kappa shape index (κ1) is 20.7. The first-order chi connectivity index (χ1) is 14.1. The number of ether oxygens (including phenoxy) is 2. The third kappa shape index (κ3) is 6.84. The molecule has 0 radical (unpaired) electrons. The molecule has 0 spiro atoms. The van der Waals surface area contributed by atoms with E-state index in [0.29, 0.717) is 23.1 Å². The third-order valence-electron chi connectivity index (χ3n) is 4.34. The molecule has 1 unspecified atom stereocenters. The van der Waals surface area contributed by atoms with Gasteiger partial charge in [-0.2, -0.15) is 0 Å². The number of nitrogens with one attached hydrogen (secondary N) is 1. The van der Waals surface area contributed by atoms with Crippen molar-refractivity contribution in [3.63, 3.8) is 0 Å². The van der Waals surface area contributed by atoms with Gasteiger partial charge in [0.05, 0.1) is 6.61 Å². The van der Waals surface area contributed by atoms with E-state index in [1.807, 2.05) is 42.5 Å². The maximum absolute atomic E-state index is 12.3. The van der Waals surface area contributed by atoms with E-state index in [0.717, 1.165) is 18.6 Å². The maximum Gasteiger partial charge on any atom is 0.265 e. The van der Waals surface area contributed by atoms with Crippen LogP contribution in [0.5, 0.6) is 11.5 Å². The number of carbonyl (C=O) groups excluding carboxylic acids is 1. The number of hydrogen-bond donors (Lipinski definition) is 1. The summed E-state index contributed by atoms with van der Waals surface area (Å²) in [6.45, 7) is 2.35. The van der Waals surface area contributed by atoms with Gasteiger partial charge >= 0.3 is 0 Å². The first-order valence-electron chi connectivity index (χ1n) is 9.60. The molecule has 0 aliphatic heterocycles. The zero-order chi connectivity index (χ0) is 20.5. The predicted molar refractivity (Wildman–Crippen MR) is 117 cm³/mol. The average Bonchev–Trinajstić information content (AvgIpc) is 2.74. The average molecular weight is 410 g/mol. The first-order valence-corrected chi connectivity index (χ1v) is 9.98. The molecule has 1 N–H and O–H groups in total. The second-order valence-electron chi connectivity index (χ2n) is 6.67. The minimum Gasteiger partial charge on any atom is -0.494 e. The molecule has 1 amide bonds. The monoisotopic (exact) mass is 409 g/mol. The smallest absolute Gasteiger partial charge is 0.265 e. The number of benzene rings is 3. The fourth-order valence-corrected chi connectivity index (χ4v) is 2.89. The van der Waals surface area contributed by atoms with Gasteiger partial charge in [0.25, 0.3) is 5.91 Å². The van der Waals surface area contributed by atoms with Crippen LogP contribution >= 0.6 is 11.6 Å². The van der Waals surface area contributed by atoms with Crippen LogP contribution in [0.4, 0.5) is 5.69 Å². The topological polar surface area (TPSA) is 47.6 Å². The number of aryl methyl sites for hydroxylation is 1. The standard InChI is InChI=1S/C24H24ClNO3/c1-18(29-23-13-9-20(25)10-14-23)24(27)26-21-11-15-22(16-12-21)28-17-5-8-19-6-3-2-4-7-19/h2-4,6-7,9-16,18H,5,8,17H2,1H3,(H,26,27). The minimum absolute atomic E-state index is 0.225. The summed E-state index contributed by atoms with van der Waals surface area (Å²) in [7, 11) is 0. The van der Waals surface area contributed by atoms with Gasteiger partial charge in [0.1, 0.15) is 11.5 Å². The summed E-state index contributed by atoms with van der Waals surface area (Å²) in [6.07, 6.45) is 1.30. The Morgan fingerprint density at radius 1 is 0.931 bits per heavy atom. The number of carbonyl (C=O) groups is 1. The highest BCUT2D eigenvalue weighted by Crippen LogP contribution is 2.19. The molecule has 0 bridgehead atoms. The van der Waals surface area contributed by atoms with Crippen molar-refractivity contribution in [3.05, 3.63) is 89.4 Å². The molecule has 0 heterocycles. The normalized spacial score (nSPS) is 11.5. The largest absolute Gasteiger partial charge is 0.494 e. The summed E-state index contributed by atoms with van der Waals surface area (Å²) in [6, 6.07) is 24.6. The number of rotatable bonds is 9. The van der Waals surface area contributed by atoms with Crippen LogP contribution in [0.25, 0.3) is 0 Å². The van der Waals surface area contributed by atoms with Gasteiger partial charge in [0.2, 0.25) is 0 Å². The van der Waals surface area contributed by atoms with Gasteiger partial charge in [-0.3, -0.25) is 4.79 Å². The van der Waals surface area contributed by atoms with E-state index in [1.165, 1.54) is 5.56 Å².